The van der Waals surface area contributed by atoms with Crippen molar-refractivity contribution in [1.82, 2.24) is 20.4 Å². The van der Waals surface area contributed by atoms with Crippen LogP contribution in [0.25, 0.3) is 11.3 Å². The molecule has 0 bridgehead atoms. The van der Waals surface area contributed by atoms with Crippen molar-refractivity contribution >= 4 is 5.96 Å². The van der Waals surface area contributed by atoms with Crippen molar-refractivity contribution in [3.63, 3.8) is 0 Å². The molecule has 2 aromatic rings. The van der Waals surface area contributed by atoms with Crippen molar-refractivity contribution in [2.45, 2.75) is 13.0 Å². The van der Waals surface area contributed by atoms with Crippen molar-refractivity contribution in [1.29, 1.82) is 5.26 Å². The van der Waals surface area contributed by atoms with Gasteiger partial charge in [-0.3, -0.25) is 15.1 Å². The van der Waals surface area contributed by atoms with Crippen molar-refractivity contribution < 1.29 is 0 Å². The lowest BCUT2D eigenvalue weighted by Gasteiger charge is -2.07. The molecule has 0 spiro atoms. The van der Waals surface area contributed by atoms with E-state index in [0.717, 1.165) is 11.3 Å². The molecule has 25 heavy (non-hydrogen) atoms. The standard InChI is InChI=1S/C18H18N6O/c1-2-11-20-18(22-14-19)21-12-6-13-24-17(25)10-9-16(23-24)15-7-4-3-5-8-15/h1,3-5,7-10H,6,11-13H2,(H2,20,21,22). The molecule has 0 saturated heterocycles. The van der Waals surface area contributed by atoms with E-state index in [-0.39, 0.29) is 12.1 Å². The van der Waals surface area contributed by atoms with Crippen LogP contribution in [0.3, 0.4) is 0 Å². The SMILES string of the molecule is C#CCNC(=NCCCn1nc(-c2ccccc2)ccc1=O)NC#N. The van der Waals surface area contributed by atoms with E-state index >= 15 is 0 Å². The second kappa shape index (κ2) is 9.53. The van der Waals surface area contributed by atoms with Crippen molar-refractivity contribution in [2.24, 2.45) is 4.99 Å². The quantitative estimate of drug-likeness (QED) is 0.205. The number of aliphatic imine (C=N–C) groups is 1. The molecule has 1 aromatic carbocycles. The Labute approximate surface area is 146 Å². The number of nitrogens with zero attached hydrogens (tertiary/aromatic N) is 4. The summed E-state index contributed by atoms with van der Waals surface area (Å²) in [6.45, 7) is 1.12. The zero-order chi connectivity index (χ0) is 17.9. The molecule has 0 amide bonds. The van der Waals surface area contributed by atoms with E-state index in [9.17, 15) is 4.79 Å². The Morgan fingerprint density at radius 3 is 2.80 bits per heavy atom. The van der Waals surface area contributed by atoms with Crippen LogP contribution in [0.2, 0.25) is 0 Å². The molecule has 0 fully saturated rings. The zero-order valence-electron chi connectivity index (χ0n) is 13.6. The van der Waals surface area contributed by atoms with Gasteiger partial charge in [-0.2, -0.15) is 10.4 Å². The van der Waals surface area contributed by atoms with Gasteiger partial charge in [-0.05, 0) is 12.5 Å². The number of hydrogen-bond acceptors (Lipinski definition) is 4. The summed E-state index contributed by atoms with van der Waals surface area (Å²) in [7, 11) is 0. The molecule has 0 aliphatic heterocycles. The van der Waals surface area contributed by atoms with Crippen LogP contribution in [-0.4, -0.2) is 28.8 Å². The van der Waals surface area contributed by atoms with Gasteiger partial charge in [0.05, 0.1) is 12.2 Å². The third-order valence-corrected chi connectivity index (χ3v) is 3.27. The van der Waals surface area contributed by atoms with Crippen LogP contribution in [0, 0.1) is 23.8 Å². The maximum Gasteiger partial charge on any atom is 0.266 e. The highest BCUT2D eigenvalue weighted by molar-refractivity contribution is 5.81. The lowest BCUT2D eigenvalue weighted by Crippen LogP contribution is -2.35. The Morgan fingerprint density at radius 2 is 2.08 bits per heavy atom. The van der Waals surface area contributed by atoms with Crippen LogP contribution in [0.1, 0.15) is 6.42 Å². The fourth-order valence-corrected chi connectivity index (χ4v) is 2.11. The molecule has 2 rings (SSSR count). The molecule has 0 unspecified atom stereocenters. The van der Waals surface area contributed by atoms with Gasteiger partial charge in [-0.25, -0.2) is 4.68 Å². The van der Waals surface area contributed by atoms with E-state index in [4.69, 9.17) is 11.7 Å². The van der Waals surface area contributed by atoms with Crippen LogP contribution in [-0.2, 0) is 6.54 Å². The summed E-state index contributed by atoms with van der Waals surface area (Å²) < 4.78 is 1.42. The molecule has 0 aliphatic rings. The number of benzene rings is 1. The molecule has 1 heterocycles. The largest absolute Gasteiger partial charge is 0.345 e. The van der Waals surface area contributed by atoms with Gasteiger partial charge >= 0.3 is 0 Å². The van der Waals surface area contributed by atoms with E-state index in [0.29, 0.717) is 25.5 Å². The number of rotatable bonds is 6. The lowest BCUT2D eigenvalue weighted by atomic mass is 10.1. The summed E-state index contributed by atoms with van der Waals surface area (Å²) in [4.78, 5) is 16.2. The first-order valence-electron chi connectivity index (χ1n) is 7.75. The van der Waals surface area contributed by atoms with Crippen LogP contribution < -0.4 is 16.2 Å². The van der Waals surface area contributed by atoms with Gasteiger partial charge in [0.1, 0.15) is 0 Å². The summed E-state index contributed by atoms with van der Waals surface area (Å²) >= 11 is 0. The first kappa shape index (κ1) is 17.8. The van der Waals surface area contributed by atoms with Gasteiger partial charge in [-0.1, -0.05) is 36.3 Å². The highest BCUT2D eigenvalue weighted by Crippen LogP contribution is 2.13. The van der Waals surface area contributed by atoms with Crippen LogP contribution >= 0.6 is 0 Å². The topological polar surface area (TPSA) is 95.1 Å². The van der Waals surface area contributed by atoms with E-state index in [1.807, 2.05) is 30.3 Å². The first-order chi connectivity index (χ1) is 12.2. The smallest absolute Gasteiger partial charge is 0.266 e. The number of aromatic nitrogens is 2. The maximum atomic E-state index is 11.9. The lowest BCUT2D eigenvalue weighted by molar-refractivity contribution is 0.556. The summed E-state index contributed by atoms with van der Waals surface area (Å²) in [6.07, 6.45) is 7.55. The summed E-state index contributed by atoms with van der Waals surface area (Å²) in [5.41, 5.74) is 1.53. The highest BCUT2D eigenvalue weighted by atomic mass is 16.1. The summed E-state index contributed by atoms with van der Waals surface area (Å²) in [5, 5.41) is 18.3. The first-order valence-corrected chi connectivity index (χ1v) is 7.75. The fourth-order valence-electron chi connectivity index (χ4n) is 2.11. The van der Waals surface area contributed by atoms with Gasteiger partial charge in [0.25, 0.3) is 5.56 Å². The van der Waals surface area contributed by atoms with E-state index < -0.39 is 0 Å². The maximum absolute atomic E-state index is 11.9. The van der Waals surface area contributed by atoms with Gasteiger partial charge < -0.3 is 5.32 Å². The Morgan fingerprint density at radius 1 is 1.28 bits per heavy atom. The van der Waals surface area contributed by atoms with Crippen molar-refractivity contribution in [3.8, 4) is 29.8 Å². The van der Waals surface area contributed by atoms with Crippen LogP contribution in [0.15, 0.2) is 52.3 Å². The molecule has 0 radical (unpaired) electrons. The van der Waals surface area contributed by atoms with E-state index in [2.05, 4.69) is 26.6 Å². The monoisotopic (exact) mass is 334 g/mol. The number of aryl methyl sites for hydroxylation is 1. The number of guanidine groups is 1. The normalized spacial score (nSPS) is 10.6. The summed E-state index contributed by atoms with van der Waals surface area (Å²) in [5.74, 6) is 2.72. The molecule has 0 saturated carbocycles. The second-order valence-corrected chi connectivity index (χ2v) is 5.02. The average molecular weight is 334 g/mol. The third kappa shape index (κ3) is 5.52. The average Bonchev–Trinajstić information content (AvgIpc) is 2.65. The molecule has 126 valence electrons. The fraction of sp³-hybridized carbons (Fsp3) is 0.222. The van der Waals surface area contributed by atoms with Gasteiger partial charge in [0, 0.05) is 24.7 Å². The Hall–Kier alpha value is -3.58. The van der Waals surface area contributed by atoms with Crippen LogP contribution in [0.5, 0.6) is 0 Å². The molecule has 2 N–H and O–H groups in total. The molecule has 7 nitrogen and oxygen atoms in total. The zero-order valence-corrected chi connectivity index (χ0v) is 13.6. The number of terminal acetylenes is 1. The molecular weight excluding hydrogens is 316 g/mol. The molecule has 7 heteroatoms. The Kier molecular flexibility index (Phi) is 6.78. The van der Waals surface area contributed by atoms with Gasteiger partial charge in [0.15, 0.2) is 6.19 Å². The Balaban J connectivity index is 2.00. The summed E-state index contributed by atoms with van der Waals surface area (Å²) in [6, 6.07) is 12.9. The molecule has 0 aliphatic carbocycles. The highest BCUT2D eigenvalue weighted by Gasteiger charge is 2.03. The number of nitriles is 1. The molecular formula is C18H18N6O. The van der Waals surface area contributed by atoms with Gasteiger partial charge in [0.2, 0.25) is 5.96 Å². The molecule has 1 aromatic heterocycles. The third-order valence-electron chi connectivity index (χ3n) is 3.27. The number of hydrogen-bond donors (Lipinski definition) is 2. The van der Waals surface area contributed by atoms with Crippen LogP contribution in [0.4, 0.5) is 0 Å². The number of nitrogens with one attached hydrogen (secondary N) is 2. The van der Waals surface area contributed by atoms with E-state index in [1.165, 1.54) is 10.7 Å². The van der Waals surface area contributed by atoms with Gasteiger partial charge in [-0.15, -0.1) is 6.42 Å². The minimum Gasteiger partial charge on any atom is -0.345 e. The molecule has 0 atom stereocenters. The van der Waals surface area contributed by atoms with Crippen molar-refractivity contribution in [3.05, 3.63) is 52.8 Å². The second-order valence-electron chi connectivity index (χ2n) is 5.02. The predicted octanol–water partition coefficient (Wildman–Crippen LogP) is 0.950. The minimum atomic E-state index is -0.163. The van der Waals surface area contributed by atoms with E-state index in [1.54, 1.807) is 12.3 Å². The predicted molar refractivity (Wildman–Crippen MR) is 96.4 cm³/mol. The Bertz CT molecular complexity index is 858. The van der Waals surface area contributed by atoms with Crippen molar-refractivity contribution in [2.75, 3.05) is 13.1 Å². The minimum absolute atomic E-state index is 0.163.